The number of amides is 1. The van der Waals surface area contributed by atoms with Crippen molar-refractivity contribution in [3.63, 3.8) is 0 Å². The molecule has 0 bridgehead atoms. The molecular formula is C12H19NO2. The van der Waals surface area contributed by atoms with E-state index in [-0.39, 0.29) is 5.91 Å². The van der Waals surface area contributed by atoms with Crippen LogP contribution in [0.3, 0.4) is 0 Å². The maximum absolute atomic E-state index is 10.8. The van der Waals surface area contributed by atoms with Crippen LogP contribution in [-0.2, 0) is 4.79 Å². The molecule has 0 aromatic heterocycles. The highest BCUT2D eigenvalue weighted by Crippen LogP contribution is 2.07. The maximum atomic E-state index is 10.8. The summed E-state index contributed by atoms with van der Waals surface area (Å²) in [5, 5.41) is 2.53. The number of benzene rings is 1. The lowest BCUT2D eigenvalue weighted by atomic mass is 10.3. The summed E-state index contributed by atoms with van der Waals surface area (Å²) < 4.78 is 5.32. The monoisotopic (exact) mass is 209 g/mol. The van der Waals surface area contributed by atoms with Gasteiger partial charge in [-0.3, -0.25) is 4.79 Å². The van der Waals surface area contributed by atoms with Gasteiger partial charge in [-0.1, -0.05) is 32.0 Å². The van der Waals surface area contributed by atoms with Gasteiger partial charge in [0.25, 0.3) is 0 Å². The number of nitrogens with one attached hydrogen (secondary N) is 1. The molecule has 0 radical (unpaired) electrons. The SMILES string of the molecule is CC.CNC(=O)CCOc1ccccc1. The van der Waals surface area contributed by atoms with Crippen LogP contribution in [0.25, 0.3) is 0 Å². The molecule has 3 heteroatoms. The Morgan fingerprint density at radius 3 is 2.40 bits per heavy atom. The van der Waals surface area contributed by atoms with E-state index in [0.29, 0.717) is 13.0 Å². The van der Waals surface area contributed by atoms with Crippen LogP contribution in [0, 0.1) is 0 Å². The Balaban J connectivity index is 0.000000921. The van der Waals surface area contributed by atoms with E-state index in [0.717, 1.165) is 5.75 Å². The van der Waals surface area contributed by atoms with E-state index >= 15 is 0 Å². The van der Waals surface area contributed by atoms with E-state index in [2.05, 4.69) is 5.32 Å². The quantitative estimate of drug-likeness (QED) is 0.825. The highest BCUT2D eigenvalue weighted by molar-refractivity contribution is 5.75. The number of rotatable bonds is 4. The van der Waals surface area contributed by atoms with Crippen molar-refractivity contribution in [2.75, 3.05) is 13.7 Å². The molecule has 0 saturated carbocycles. The number of hydrogen-bond acceptors (Lipinski definition) is 2. The Hall–Kier alpha value is -1.51. The molecule has 0 spiro atoms. The van der Waals surface area contributed by atoms with Crippen molar-refractivity contribution >= 4 is 5.91 Å². The summed E-state index contributed by atoms with van der Waals surface area (Å²) in [5.74, 6) is 0.794. The lowest BCUT2D eigenvalue weighted by molar-refractivity contribution is -0.121. The van der Waals surface area contributed by atoms with Gasteiger partial charge in [0, 0.05) is 7.05 Å². The number of ether oxygens (including phenoxy) is 1. The average Bonchev–Trinajstić information content (AvgIpc) is 2.33. The summed E-state index contributed by atoms with van der Waals surface area (Å²) in [6, 6.07) is 9.45. The summed E-state index contributed by atoms with van der Waals surface area (Å²) in [4.78, 5) is 10.8. The highest BCUT2D eigenvalue weighted by Gasteiger charge is 1.97. The van der Waals surface area contributed by atoms with Crippen LogP contribution in [0.4, 0.5) is 0 Å². The minimum Gasteiger partial charge on any atom is -0.493 e. The van der Waals surface area contributed by atoms with Crippen molar-refractivity contribution in [1.82, 2.24) is 5.32 Å². The van der Waals surface area contributed by atoms with Crippen LogP contribution in [0.1, 0.15) is 20.3 Å². The summed E-state index contributed by atoms with van der Waals surface area (Å²) in [7, 11) is 1.62. The van der Waals surface area contributed by atoms with Gasteiger partial charge in [0.1, 0.15) is 5.75 Å². The molecule has 0 heterocycles. The van der Waals surface area contributed by atoms with Crippen molar-refractivity contribution in [2.24, 2.45) is 0 Å². The minimum absolute atomic E-state index is 0.00377. The Bertz CT molecular complexity index is 260. The van der Waals surface area contributed by atoms with Crippen molar-refractivity contribution < 1.29 is 9.53 Å². The van der Waals surface area contributed by atoms with Gasteiger partial charge in [0.15, 0.2) is 0 Å². The van der Waals surface area contributed by atoms with Gasteiger partial charge >= 0.3 is 0 Å². The average molecular weight is 209 g/mol. The number of carbonyl (C=O) groups is 1. The molecule has 0 saturated heterocycles. The van der Waals surface area contributed by atoms with Gasteiger partial charge in [-0.25, -0.2) is 0 Å². The Morgan fingerprint density at radius 2 is 1.87 bits per heavy atom. The van der Waals surface area contributed by atoms with Gasteiger partial charge < -0.3 is 10.1 Å². The van der Waals surface area contributed by atoms with Crippen LogP contribution < -0.4 is 10.1 Å². The van der Waals surface area contributed by atoms with E-state index in [9.17, 15) is 4.79 Å². The molecule has 1 aromatic rings. The van der Waals surface area contributed by atoms with Gasteiger partial charge in [-0.15, -0.1) is 0 Å². The fraction of sp³-hybridized carbons (Fsp3) is 0.417. The highest BCUT2D eigenvalue weighted by atomic mass is 16.5. The molecule has 84 valence electrons. The smallest absolute Gasteiger partial charge is 0.223 e. The second-order valence-corrected chi connectivity index (χ2v) is 2.58. The lowest BCUT2D eigenvalue weighted by Gasteiger charge is -2.04. The van der Waals surface area contributed by atoms with Crippen LogP contribution >= 0.6 is 0 Å². The molecule has 0 atom stereocenters. The summed E-state index contributed by atoms with van der Waals surface area (Å²) >= 11 is 0. The molecular weight excluding hydrogens is 190 g/mol. The molecule has 1 aromatic carbocycles. The summed E-state index contributed by atoms with van der Waals surface area (Å²) in [5.41, 5.74) is 0. The molecule has 0 unspecified atom stereocenters. The van der Waals surface area contributed by atoms with Crippen LogP contribution in [0.5, 0.6) is 5.75 Å². The maximum Gasteiger partial charge on any atom is 0.223 e. The zero-order valence-electron chi connectivity index (χ0n) is 9.62. The molecule has 0 aliphatic carbocycles. The first-order valence-electron chi connectivity index (χ1n) is 5.21. The fourth-order valence-corrected chi connectivity index (χ4v) is 0.903. The normalized spacial score (nSPS) is 8.47. The zero-order valence-corrected chi connectivity index (χ0v) is 9.62. The number of para-hydroxylation sites is 1. The van der Waals surface area contributed by atoms with E-state index in [1.165, 1.54) is 0 Å². The zero-order chi connectivity index (χ0) is 11.5. The topological polar surface area (TPSA) is 38.3 Å². The van der Waals surface area contributed by atoms with Crippen molar-refractivity contribution in [1.29, 1.82) is 0 Å². The minimum atomic E-state index is -0.00377. The van der Waals surface area contributed by atoms with Crippen LogP contribution in [0.2, 0.25) is 0 Å². The first kappa shape index (κ1) is 13.5. The Kier molecular flexibility index (Phi) is 8.15. The fourth-order valence-electron chi connectivity index (χ4n) is 0.903. The van der Waals surface area contributed by atoms with Crippen molar-refractivity contribution in [3.8, 4) is 5.75 Å². The number of carbonyl (C=O) groups excluding carboxylic acids is 1. The summed E-state index contributed by atoms with van der Waals surface area (Å²) in [6.45, 7) is 4.42. The second kappa shape index (κ2) is 9.06. The molecule has 1 rings (SSSR count). The van der Waals surface area contributed by atoms with Gasteiger partial charge in [-0.05, 0) is 12.1 Å². The third-order valence-electron chi connectivity index (χ3n) is 1.62. The Morgan fingerprint density at radius 1 is 1.27 bits per heavy atom. The van der Waals surface area contributed by atoms with Crippen molar-refractivity contribution in [2.45, 2.75) is 20.3 Å². The van der Waals surface area contributed by atoms with Gasteiger partial charge in [0.2, 0.25) is 5.91 Å². The molecule has 0 aliphatic heterocycles. The predicted molar refractivity (Wildman–Crippen MR) is 62.0 cm³/mol. The second-order valence-electron chi connectivity index (χ2n) is 2.58. The van der Waals surface area contributed by atoms with Crippen LogP contribution in [-0.4, -0.2) is 19.6 Å². The van der Waals surface area contributed by atoms with E-state index in [4.69, 9.17) is 4.74 Å². The molecule has 15 heavy (non-hydrogen) atoms. The largest absolute Gasteiger partial charge is 0.493 e. The van der Waals surface area contributed by atoms with Crippen LogP contribution in [0.15, 0.2) is 30.3 Å². The number of hydrogen-bond donors (Lipinski definition) is 1. The lowest BCUT2D eigenvalue weighted by Crippen LogP contribution is -2.20. The van der Waals surface area contributed by atoms with Gasteiger partial charge in [0.05, 0.1) is 13.0 Å². The molecule has 0 aliphatic rings. The van der Waals surface area contributed by atoms with E-state index in [1.807, 2.05) is 44.2 Å². The van der Waals surface area contributed by atoms with Gasteiger partial charge in [-0.2, -0.15) is 0 Å². The predicted octanol–water partition coefficient (Wildman–Crippen LogP) is 2.23. The first-order chi connectivity index (χ1) is 7.33. The van der Waals surface area contributed by atoms with Crippen molar-refractivity contribution in [3.05, 3.63) is 30.3 Å². The third-order valence-corrected chi connectivity index (χ3v) is 1.62. The van der Waals surface area contributed by atoms with E-state index in [1.54, 1.807) is 7.05 Å². The molecule has 1 amide bonds. The first-order valence-corrected chi connectivity index (χ1v) is 5.21. The molecule has 3 nitrogen and oxygen atoms in total. The Labute approximate surface area is 91.5 Å². The van der Waals surface area contributed by atoms with E-state index < -0.39 is 0 Å². The summed E-state index contributed by atoms with van der Waals surface area (Å²) in [6.07, 6.45) is 0.394. The third kappa shape index (κ3) is 6.55. The molecule has 0 fully saturated rings. The molecule has 1 N–H and O–H groups in total. The standard InChI is InChI=1S/C10H13NO2.C2H6/c1-11-10(12)7-8-13-9-5-3-2-4-6-9;1-2/h2-6H,7-8H2,1H3,(H,11,12);1-2H3.